The lowest BCUT2D eigenvalue weighted by atomic mass is 10.1. The maximum atomic E-state index is 12.3. The van der Waals surface area contributed by atoms with Gasteiger partial charge in [0.25, 0.3) is 0 Å². The van der Waals surface area contributed by atoms with E-state index in [1.54, 1.807) is 7.05 Å². The summed E-state index contributed by atoms with van der Waals surface area (Å²) in [5, 5.41) is 6.50. The van der Waals surface area contributed by atoms with Crippen LogP contribution in [0.4, 0.5) is 0 Å². The molecule has 0 spiro atoms. The van der Waals surface area contributed by atoms with Crippen molar-refractivity contribution < 1.29 is 9.53 Å². The van der Waals surface area contributed by atoms with E-state index in [1.165, 1.54) is 17.5 Å². The van der Waals surface area contributed by atoms with E-state index < -0.39 is 0 Å². The van der Waals surface area contributed by atoms with Gasteiger partial charge in [-0.25, -0.2) is 0 Å². The van der Waals surface area contributed by atoms with E-state index in [0.717, 1.165) is 58.8 Å². The lowest BCUT2D eigenvalue weighted by molar-refractivity contribution is -0.130. The molecule has 7 heteroatoms. The fourth-order valence-electron chi connectivity index (χ4n) is 3.70. The van der Waals surface area contributed by atoms with Gasteiger partial charge in [-0.3, -0.25) is 14.7 Å². The van der Waals surface area contributed by atoms with Gasteiger partial charge < -0.3 is 20.3 Å². The summed E-state index contributed by atoms with van der Waals surface area (Å²) in [4.78, 5) is 21.0. The molecule has 1 aromatic rings. The number of carbonyl (C=O) groups is 1. The molecule has 2 saturated heterocycles. The molecule has 0 atom stereocenters. The number of amides is 1. The second kappa shape index (κ2) is 11.0. The SMILES string of the molecule is CN=C(NCC(=O)N1CCCCC1)NCc1ccccc1CN1CCOCC1. The molecule has 2 aliphatic heterocycles. The number of nitrogens with zero attached hydrogens (tertiary/aromatic N) is 3. The van der Waals surface area contributed by atoms with Crippen molar-refractivity contribution >= 4 is 11.9 Å². The van der Waals surface area contributed by atoms with Crippen LogP contribution >= 0.6 is 0 Å². The van der Waals surface area contributed by atoms with Crippen LogP contribution in [0.15, 0.2) is 29.3 Å². The zero-order valence-corrected chi connectivity index (χ0v) is 17.0. The van der Waals surface area contributed by atoms with Crippen LogP contribution in [0.2, 0.25) is 0 Å². The van der Waals surface area contributed by atoms with E-state index >= 15 is 0 Å². The zero-order chi connectivity index (χ0) is 19.6. The fraction of sp³-hybridized carbons (Fsp3) is 0.619. The molecule has 0 bridgehead atoms. The van der Waals surface area contributed by atoms with Crippen LogP contribution in [0, 0.1) is 0 Å². The van der Waals surface area contributed by atoms with Crippen molar-refractivity contribution in [1.29, 1.82) is 0 Å². The Morgan fingerprint density at radius 2 is 1.75 bits per heavy atom. The summed E-state index contributed by atoms with van der Waals surface area (Å²) in [7, 11) is 1.74. The van der Waals surface area contributed by atoms with Crippen molar-refractivity contribution in [2.24, 2.45) is 4.99 Å². The number of hydrogen-bond acceptors (Lipinski definition) is 4. The molecule has 1 aromatic carbocycles. The van der Waals surface area contributed by atoms with Gasteiger partial charge >= 0.3 is 0 Å². The van der Waals surface area contributed by atoms with Crippen LogP contribution in [0.5, 0.6) is 0 Å². The largest absolute Gasteiger partial charge is 0.379 e. The molecule has 0 radical (unpaired) electrons. The molecule has 2 aliphatic rings. The van der Waals surface area contributed by atoms with Crippen molar-refractivity contribution in [2.75, 3.05) is 53.0 Å². The molecule has 7 nitrogen and oxygen atoms in total. The molecule has 0 aromatic heterocycles. The molecule has 2 N–H and O–H groups in total. The molecule has 0 aliphatic carbocycles. The van der Waals surface area contributed by atoms with Crippen LogP contribution < -0.4 is 10.6 Å². The van der Waals surface area contributed by atoms with Crippen LogP contribution in [-0.2, 0) is 22.6 Å². The minimum atomic E-state index is 0.148. The average molecular weight is 388 g/mol. The maximum absolute atomic E-state index is 12.3. The molecule has 2 fully saturated rings. The third-order valence-electron chi connectivity index (χ3n) is 5.40. The normalized spacial score (nSPS) is 18.8. The van der Waals surface area contributed by atoms with Crippen LogP contribution in [0.3, 0.4) is 0 Å². The minimum Gasteiger partial charge on any atom is -0.379 e. The molecule has 0 unspecified atom stereocenters. The first kappa shape index (κ1) is 20.6. The summed E-state index contributed by atoms with van der Waals surface area (Å²) in [6.45, 7) is 7.22. The average Bonchev–Trinajstić information content (AvgIpc) is 2.76. The van der Waals surface area contributed by atoms with Crippen molar-refractivity contribution in [3.05, 3.63) is 35.4 Å². The highest BCUT2D eigenvalue weighted by Gasteiger charge is 2.17. The second-order valence-corrected chi connectivity index (χ2v) is 7.38. The van der Waals surface area contributed by atoms with Gasteiger partial charge in [0.05, 0.1) is 19.8 Å². The van der Waals surface area contributed by atoms with Crippen LogP contribution in [0.1, 0.15) is 30.4 Å². The number of piperidine rings is 1. The Morgan fingerprint density at radius 1 is 1.04 bits per heavy atom. The third-order valence-corrected chi connectivity index (χ3v) is 5.40. The molecule has 0 saturated carbocycles. The smallest absolute Gasteiger partial charge is 0.241 e. The Kier molecular flexibility index (Phi) is 8.11. The number of aliphatic imine (C=N–C) groups is 1. The predicted molar refractivity (Wildman–Crippen MR) is 111 cm³/mol. The number of nitrogens with one attached hydrogen (secondary N) is 2. The first-order valence-corrected chi connectivity index (χ1v) is 10.4. The Morgan fingerprint density at radius 3 is 2.46 bits per heavy atom. The van der Waals surface area contributed by atoms with Crippen molar-refractivity contribution in [3.63, 3.8) is 0 Å². The number of benzene rings is 1. The molecular weight excluding hydrogens is 354 g/mol. The number of carbonyl (C=O) groups excluding carboxylic acids is 1. The first-order valence-electron chi connectivity index (χ1n) is 10.4. The van der Waals surface area contributed by atoms with Gasteiger partial charge in [0.1, 0.15) is 0 Å². The van der Waals surface area contributed by atoms with Gasteiger partial charge in [-0.05, 0) is 30.4 Å². The molecule has 28 heavy (non-hydrogen) atoms. The van der Waals surface area contributed by atoms with Crippen LogP contribution in [0.25, 0.3) is 0 Å². The van der Waals surface area contributed by atoms with Crippen molar-refractivity contribution in [2.45, 2.75) is 32.4 Å². The highest BCUT2D eigenvalue weighted by Crippen LogP contribution is 2.13. The summed E-state index contributed by atoms with van der Waals surface area (Å²) >= 11 is 0. The fourth-order valence-corrected chi connectivity index (χ4v) is 3.70. The van der Waals surface area contributed by atoms with Gasteiger partial charge in [0.15, 0.2) is 5.96 Å². The number of likely N-dealkylation sites (tertiary alicyclic amines) is 1. The first-order chi connectivity index (χ1) is 13.8. The lowest BCUT2D eigenvalue weighted by Crippen LogP contribution is -2.45. The number of hydrogen-bond donors (Lipinski definition) is 2. The van der Waals surface area contributed by atoms with Gasteiger partial charge in [-0.2, -0.15) is 0 Å². The summed E-state index contributed by atoms with van der Waals surface area (Å²) in [5.74, 6) is 0.807. The van der Waals surface area contributed by atoms with Crippen LogP contribution in [-0.4, -0.2) is 74.7 Å². The molecular formula is C21H33N5O2. The van der Waals surface area contributed by atoms with Gasteiger partial charge in [-0.1, -0.05) is 24.3 Å². The summed E-state index contributed by atoms with van der Waals surface area (Å²) < 4.78 is 5.44. The van der Waals surface area contributed by atoms with E-state index in [9.17, 15) is 4.79 Å². The van der Waals surface area contributed by atoms with E-state index in [2.05, 4.69) is 44.8 Å². The Labute approximate surface area is 168 Å². The van der Waals surface area contributed by atoms with Crippen molar-refractivity contribution in [1.82, 2.24) is 20.4 Å². The topological polar surface area (TPSA) is 69.2 Å². The summed E-state index contributed by atoms with van der Waals surface area (Å²) in [6.07, 6.45) is 3.45. The monoisotopic (exact) mass is 387 g/mol. The lowest BCUT2D eigenvalue weighted by Gasteiger charge is -2.27. The number of rotatable bonds is 6. The molecule has 1 amide bonds. The van der Waals surface area contributed by atoms with E-state index in [4.69, 9.17) is 4.74 Å². The van der Waals surface area contributed by atoms with Gasteiger partial charge in [0, 0.05) is 46.3 Å². The van der Waals surface area contributed by atoms with E-state index in [1.807, 2.05) is 4.90 Å². The van der Waals surface area contributed by atoms with Gasteiger partial charge in [-0.15, -0.1) is 0 Å². The maximum Gasteiger partial charge on any atom is 0.241 e. The molecule has 154 valence electrons. The Hall–Kier alpha value is -2.12. The minimum absolute atomic E-state index is 0.148. The summed E-state index contributed by atoms with van der Waals surface area (Å²) in [5.41, 5.74) is 2.57. The predicted octanol–water partition coefficient (Wildman–Crippen LogP) is 1.20. The Bertz CT molecular complexity index is 652. The number of morpholine rings is 1. The van der Waals surface area contributed by atoms with E-state index in [0.29, 0.717) is 12.5 Å². The summed E-state index contributed by atoms with van der Waals surface area (Å²) in [6, 6.07) is 8.48. The number of guanidine groups is 1. The quantitative estimate of drug-likeness (QED) is 0.567. The van der Waals surface area contributed by atoms with Gasteiger partial charge in [0.2, 0.25) is 5.91 Å². The highest BCUT2D eigenvalue weighted by molar-refractivity contribution is 5.86. The van der Waals surface area contributed by atoms with Crippen molar-refractivity contribution in [3.8, 4) is 0 Å². The number of ether oxygens (including phenoxy) is 1. The third kappa shape index (κ3) is 6.21. The molecule has 3 rings (SSSR count). The highest BCUT2D eigenvalue weighted by atomic mass is 16.5. The second-order valence-electron chi connectivity index (χ2n) is 7.38. The van der Waals surface area contributed by atoms with E-state index in [-0.39, 0.29) is 12.5 Å². The Balaban J connectivity index is 1.48. The standard InChI is InChI=1S/C21H33N5O2/c1-22-21(24-16-20(27)26-9-5-2-6-10-26)23-15-18-7-3-4-8-19(18)17-25-11-13-28-14-12-25/h3-4,7-8H,2,5-6,9-17H2,1H3,(H2,22,23,24). The molecule has 2 heterocycles. The zero-order valence-electron chi connectivity index (χ0n) is 17.0.